The summed E-state index contributed by atoms with van der Waals surface area (Å²) < 4.78 is 13.2. The van der Waals surface area contributed by atoms with Crippen molar-refractivity contribution in [3.8, 4) is 0 Å². The Kier molecular flexibility index (Phi) is 4.32. The molecule has 0 heterocycles. The minimum atomic E-state index is -0.573. The zero-order valence-corrected chi connectivity index (χ0v) is 8.68. The first-order chi connectivity index (χ1) is 6.63. The molecular weight excluding hydrogens is 205 g/mol. The van der Waals surface area contributed by atoms with Crippen molar-refractivity contribution in [3.63, 3.8) is 0 Å². The van der Waals surface area contributed by atoms with Gasteiger partial charge in [0.1, 0.15) is 5.82 Å². The second-order valence-electron chi connectivity index (χ2n) is 3.15. The lowest BCUT2D eigenvalue weighted by molar-refractivity contribution is 0.173. The zero-order valence-electron chi connectivity index (χ0n) is 7.93. The summed E-state index contributed by atoms with van der Waals surface area (Å²) >= 11 is 5.60. The van der Waals surface area contributed by atoms with Gasteiger partial charge in [-0.25, -0.2) is 4.39 Å². The van der Waals surface area contributed by atoms with Gasteiger partial charge in [-0.05, 0) is 24.7 Å². The van der Waals surface area contributed by atoms with Crippen LogP contribution in [0.4, 0.5) is 4.39 Å². The minimum absolute atomic E-state index is 0.295. The molecule has 0 saturated heterocycles. The van der Waals surface area contributed by atoms with Gasteiger partial charge in [0.25, 0.3) is 0 Å². The van der Waals surface area contributed by atoms with Crippen LogP contribution in [-0.4, -0.2) is 24.8 Å². The van der Waals surface area contributed by atoms with Gasteiger partial charge >= 0.3 is 0 Å². The fourth-order valence-corrected chi connectivity index (χ4v) is 1.41. The van der Waals surface area contributed by atoms with Gasteiger partial charge < -0.3 is 10.4 Å². The van der Waals surface area contributed by atoms with Gasteiger partial charge in [0.2, 0.25) is 0 Å². The maximum absolute atomic E-state index is 13.2. The van der Waals surface area contributed by atoms with E-state index in [1.807, 2.05) is 0 Å². The summed E-state index contributed by atoms with van der Waals surface area (Å²) in [6.45, 7) is 0.446. The fraction of sp³-hybridized carbons (Fsp3) is 0.400. The summed E-state index contributed by atoms with van der Waals surface area (Å²) in [5.41, 5.74) is 0.483. The van der Waals surface area contributed by atoms with E-state index < -0.39 is 6.10 Å². The van der Waals surface area contributed by atoms with Crippen LogP contribution in [0.15, 0.2) is 18.2 Å². The Balaban J connectivity index is 2.67. The van der Waals surface area contributed by atoms with Crippen molar-refractivity contribution in [1.29, 1.82) is 0 Å². The summed E-state index contributed by atoms with van der Waals surface area (Å²) in [6, 6.07) is 4.46. The second-order valence-corrected chi connectivity index (χ2v) is 3.59. The van der Waals surface area contributed by atoms with Crippen LogP contribution in [0.5, 0.6) is 0 Å². The molecule has 78 valence electrons. The Labute approximate surface area is 87.7 Å². The summed E-state index contributed by atoms with van der Waals surface area (Å²) in [5.74, 6) is -0.368. The Hall–Kier alpha value is -0.640. The molecule has 4 heteroatoms. The average Bonchev–Trinajstić information content (AvgIpc) is 2.10. The maximum Gasteiger partial charge on any atom is 0.127 e. The van der Waals surface area contributed by atoms with Crippen molar-refractivity contribution >= 4 is 11.6 Å². The van der Waals surface area contributed by atoms with Gasteiger partial charge in [0.05, 0.1) is 6.10 Å². The Bertz CT molecular complexity index is 306. The van der Waals surface area contributed by atoms with E-state index in [0.717, 1.165) is 0 Å². The monoisotopic (exact) mass is 217 g/mol. The van der Waals surface area contributed by atoms with Crippen molar-refractivity contribution < 1.29 is 9.50 Å². The molecule has 1 aromatic rings. The highest BCUT2D eigenvalue weighted by atomic mass is 35.5. The summed E-state index contributed by atoms with van der Waals surface area (Å²) in [6.07, 6.45) is -0.278. The summed E-state index contributed by atoms with van der Waals surface area (Å²) in [7, 11) is 1.74. The topological polar surface area (TPSA) is 32.3 Å². The minimum Gasteiger partial charge on any atom is -0.391 e. The van der Waals surface area contributed by atoms with Crippen molar-refractivity contribution in [3.05, 3.63) is 34.6 Å². The maximum atomic E-state index is 13.2. The van der Waals surface area contributed by atoms with Crippen LogP contribution in [0.3, 0.4) is 0 Å². The molecule has 1 aromatic carbocycles. The lowest BCUT2D eigenvalue weighted by atomic mass is 10.1. The highest BCUT2D eigenvalue weighted by Gasteiger charge is 2.08. The first-order valence-electron chi connectivity index (χ1n) is 4.40. The number of aliphatic hydroxyl groups is 1. The SMILES string of the molecule is CNCC(O)Cc1ccc(Cl)cc1F. The Morgan fingerprint density at radius 1 is 1.57 bits per heavy atom. The smallest absolute Gasteiger partial charge is 0.127 e. The predicted molar refractivity (Wildman–Crippen MR) is 55.0 cm³/mol. The molecule has 0 spiro atoms. The molecule has 0 bridgehead atoms. The summed E-state index contributed by atoms with van der Waals surface area (Å²) in [5, 5.41) is 12.6. The van der Waals surface area contributed by atoms with Crippen LogP contribution in [0.1, 0.15) is 5.56 Å². The lowest BCUT2D eigenvalue weighted by Gasteiger charge is -2.10. The van der Waals surface area contributed by atoms with Crippen LogP contribution in [-0.2, 0) is 6.42 Å². The van der Waals surface area contributed by atoms with Crippen LogP contribution in [0.2, 0.25) is 5.02 Å². The standard InChI is InChI=1S/C10H13ClFNO/c1-13-6-9(14)4-7-2-3-8(11)5-10(7)12/h2-3,5,9,13-14H,4,6H2,1H3. The van der Waals surface area contributed by atoms with Crippen LogP contribution in [0.25, 0.3) is 0 Å². The van der Waals surface area contributed by atoms with Gasteiger partial charge in [-0.2, -0.15) is 0 Å². The van der Waals surface area contributed by atoms with Crippen molar-refractivity contribution in [1.82, 2.24) is 5.32 Å². The predicted octanol–water partition coefficient (Wildman–Crippen LogP) is 1.60. The number of halogens is 2. The van der Waals surface area contributed by atoms with Crippen LogP contribution < -0.4 is 5.32 Å². The van der Waals surface area contributed by atoms with Gasteiger partial charge in [-0.15, -0.1) is 0 Å². The number of rotatable bonds is 4. The molecule has 0 saturated carbocycles. The fourth-order valence-electron chi connectivity index (χ4n) is 1.25. The molecule has 0 aromatic heterocycles. The van der Waals surface area contributed by atoms with Gasteiger partial charge in [-0.3, -0.25) is 0 Å². The van der Waals surface area contributed by atoms with Crippen LogP contribution in [0, 0.1) is 5.82 Å². The lowest BCUT2D eigenvalue weighted by Crippen LogP contribution is -2.25. The van der Waals surface area contributed by atoms with E-state index in [1.54, 1.807) is 19.2 Å². The van der Waals surface area contributed by atoms with E-state index in [2.05, 4.69) is 5.32 Å². The first kappa shape index (κ1) is 11.4. The van der Waals surface area contributed by atoms with E-state index in [9.17, 15) is 9.50 Å². The molecule has 2 nitrogen and oxygen atoms in total. The van der Waals surface area contributed by atoms with Crippen molar-refractivity contribution in [2.24, 2.45) is 0 Å². The average molecular weight is 218 g/mol. The molecule has 1 atom stereocenters. The third-order valence-electron chi connectivity index (χ3n) is 1.91. The third kappa shape index (κ3) is 3.25. The number of hydrogen-bond donors (Lipinski definition) is 2. The molecule has 0 fully saturated rings. The van der Waals surface area contributed by atoms with E-state index in [4.69, 9.17) is 11.6 Å². The number of nitrogens with one attached hydrogen (secondary N) is 1. The third-order valence-corrected chi connectivity index (χ3v) is 2.15. The van der Waals surface area contributed by atoms with Crippen molar-refractivity contribution in [2.75, 3.05) is 13.6 Å². The molecule has 1 unspecified atom stereocenters. The molecule has 0 aliphatic heterocycles. The second kappa shape index (κ2) is 5.29. The van der Waals surface area contributed by atoms with Crippen molar-refractivity contribution in [2.45, 2.75) is 12.5 Å². The number of likely N-dealkylation sites (N-methyl/N-ethyl adjacent to an activating group) is 1. The highest BCUT2D eigenvalue weighted by molar-refractivity contribution is 6.30. The number of aliphatic hydroxyl groups excluding tert-OH is 1. The quantitative estimate of drug-likeness (QED) is 0.803. The largest absolute Gasteiger partial charge is 0.391 e. The van der Waals surface area contributed by atoms with Crippen LogP contribution >= 0.6 is 11.6 Å². The van der Waals surface area contributed by atoms with E-state index in [0.29, 0.717) is 23.6 Å². The number of hydrogen-bond acceptors (Lipinski definition) is 2. The van der Waals surface area contributed by atoms with Gasteiger partial charge in [0, 0.05) is 18.0 Å². The zero-order chi connectivity index (χ0) is 10.6. The normalized spacial score (nSPS) is 12.9. The molecule has 0 aliphatic rings. The number of benzene rings is 1. The molecule has 1 rings (SSSR count). The Morgan fingerprint density at radius 3 is 2.86 bits per heavy atom. The summed E-state index contributed by atoms with van der Waals surface area (Å²) in [4.78, 5) is 0. The molecule has 0 aliphatic carbocycles. The van der Waals surface area contributed by atoms with E-state index in [1.165, 1.54) is 6.07 Å². The highest BCUT2D eigenvalue weighted by Crippen LogP contribution is 2.15. The molecular formula is C10H13ClFNO. The molecule has 14 heavy (non-hydrogen) atoms. The first-order valence-corrected chi connectivity index (χ1v) is 4.78. The Morgan fingerprint density at radius 2 is 2.29 bits per heavy atom. The van der Waals surface area contributed by atoms with E-state index in [-0.39, 0.29) is 5.82 Å². The van der Waals surface area contributed by atoms with E-state index >= 15 is 0 Å². The van der Waals surface area contributed by atoms with Gasteiger partial charge in [-0.1, -0.05) is 17.7 Å². The molecule has 0 radical (unpaired) electrons. The molecule has 2 N–H and O–H groups in total. The van der Waals surface area contributed by atoms with Gasteiger partial charge in [0.15, 0.2) is 0 Å². The molecule has 0 amide bonds.